The molecule has 1 aromatic carbocycles. The molecule has 2 rings (SSSR count). The van der Waals surface area contributed by atoms with Gasteiger partial charge < -0.3 is 11.1 Å². The Morgan fingerprint density at radius 3 is 2.24 bits per heavy atom. The standard InChI is InChI=1S/C14H20F2N2O2S/c15-14(16)21(19,20)12-7-5-11(6-8-12)18-13(9-17)10-3-1-2-4-10/h5-8,10,13-14,18H,1-4,9,17H2. The van der Waals surface area contributed by atoms with Crippen molar-refractivity contribution in [3.8, 4) is 0 Å². The molecular weight excluding hydrogens is 298 g/mol. The number of rotatable bonds is 6. The van der Waals surface area contributed by atoms with Crippen molar-refractivity contribution in [2.75, 3.05) is 11.9 Å². The lowest BCUT2D eigenvalue weighted by Gasteiger charge is -2.24. The molecule has 21 heavy (non-hydrogen) atoms. The number of halogens is 2. The summed E-state index contributed by atoms with van der Waals surface area (Å²) < 4.78 is 47.6. The van der Waals surface area contributed by atoms with Crippen molar-refractivity contribution in [1.82, 2.24) is 0 Å². The van der Waals surface area contributed by atoms with Gasteiger partial charge in [-0.25, -0.2) is 8.42 Å². The zero-order valence-corrected chi connectivity index (χ0v) is 12.5. The number of anilines is 1. The number of hydrogen-bond donors (Lipinski definition) is 2. The van der Waals surface area contributed by atoms with E-state index in [-0.39, 0.29) is 10.9 Å². The first-order valence-electron chi connectivity index (χ1n) is 7.04. The molecule has 0 amide bonds. The predicted octanol–water partition coefficient (Wildman–Crippen LogP) is 2.61. The van der Waals surface area contributed by atoms with Gasteiger partial charge in [-0.15, -0.1) is 0 Å². The van der Waals surface area contributed by atoms with Crippen LogP contribution in [0.25, 0.3) is 0 Å². The van der Waals surface area contributed by atoms with E-state index in [1.54, 1.807) is 0 Å². The first-order valence-corrected chi connectivity index (χ1v) is 8.58. The van der Waals surface area contributed by atoms with E-state index in [4.69, 9.17) is 5.73 Å². The second kappa shape index (κ2) is 6.70. The summed E-state index contributed by atoms with van der Waals surface area (Å²) in [5.41, 5.74) is 6.48. The monoisotopic (exact) mass is 318 g/mol. The van der Waals surface area contributed by atoms with Crippen LogP contribution in [-0.2, 0) is 9.84 Å². The van der Waals surface area contributed by atoms with Crippen LogP contribution in [0.3, 0.4) is 0 Å². The third-order valence-electron chi connectivity index (χ3n) is 3.99. The SMILES string of the molecule is NCC(Nc1ccc(S(=O)(=O)C(F)F)cc1)C1CCCC1. The average molecular weight is 318 g/mol. The third-order valence-corrected chi connectivity index (χ3v) is 5.39. The molecule has 7 heteroatoms. The van der Waals surface area contributed by atoms with E-state index < -0.39 is 15.6 Å². The van der Waals surface area contributed by atoms with Crippen LogP contribution in [0, 0.1) is 5.92 Å². The molecule has 4 nitrogen and oxygen atoms in total. The van der Waals surface area contributed by atoms with Crippen molar-refractivity contribution < 1.29 is 17.2 Å². The Morgan fingerprint density at radius 1 is 1.19 bits per heavy atom. The summed E-state index contributed by atoms with van der Waals surface area (Å²) in [7, 11) is -4.53. The Balaban J connectivity index is 2.08. The van der Waals surface area contributed by atoms with Crippen LogP contribution in [0.4, 0.5) is 14.5 Å². The summed E-state index contributed by atoms with van der Waals surface area (Å²) in [4.78, 5) is -0.367. The molecule has 1 aliphatic carbocycles. The second-order valence-corrected chi connectivity index (χ2v) is 7.28. The van der Waals surface area contributed by atoms with Gasteiger partial charge in [-0.05, 0) is 43.0 Å². The fourth-order valence-electron chi connectivity index (χ4n) is 2.79. The topological polar surface area (TPSA) is 72.2 Å². The maximum absolute atomic E-state index is 12.4. The number of alkyl halides is 2. The fourth-order valence-corrected chi connectivity index (χ4v) is 3.51. The highest BCUT2D eigenvalue weighted by molar-refractivity contribution is 7.91. The minimum absolute atomic E-state index is 0.130. The Kier molecular flexibility index (Phi) is 5.16. The number of benzene rings is 1. The van der Waals surface area contributed by atoms with Crippen molar-refractivity contribution in [3.63, 3.8) is 0 Å². The minimum Gasteiger partial charge on any atom is -0.381 e. The Morgan fingerprint density at radius 2 is 1.76 bits per heavy atom. The largest absolute Gasteiger partial charge is 0.381 e. The molecule has 118 valence electrons. The van der Waals surface area contributed by atoms with Crippen LogP contribution in [0.2, 0.25) is 0 Å². The summed E-state index contributed by atoms with van der Waals surface area (Å²) in [5, 5.41) is 3.27. The quantitative estimate of drug-likeness (QED) is 0.846. The normalized spacial score (nSPS) is 18.1. The maximum Gasteiger partial charge on any atom is 0.341 e. The van der Waals surface area contributed by atoms with Gasteiger partial charge >= 0.3 is 5.76 Å². The fraction of sp³-hybridized carbons (Fsp3) is 0.571. The van der Waals surface area contributed by atoms with Gasteiger partial charge in [-0.3, -0.25) is 0 Å². The zero-order chi connectivity index (χ0) is 15.5. The van der Waals surface area contributed by atoms with Crippen LogP contribution in [0.15, 0.2) is 29.2 Å². The van der Waals surface area contributed by atoms with Gasteiger partial charge in [0.25, 0.3) is 0 Å². The molecule has 1 aliphatic rings. The number of nitrogens with two attached hydrogens (primary N) is 1. The summed E-state index contributed by atoms with van der Waals surface area (Å²) >= 11 is 0. The first kappa shape index (κ1) is 16.2. The van der Waals surface area contributed by atoms with Crippen molar-refractivity contribution in [3.05, 3.63) is 24.3 Å². The van der Waals surface area contributed by atoms with E-state index in [0.29, 0.717) is 18.2 Å². The second-order valence-electron chi connectivity index (χ2n) is 5.36. The van der Waals surface area contributed by atoms with E-state index in [2.05, 4.69) is 5.32 Å². The van der Waals surface area contributed by atoms with E-state index in [1.165, 1.54) is 37.1 Å². The molecule has 1 fully saturated rings. The number of hydrogen-bond acceptors (Lipinski definition) is 4. The van der Waals surface area contributed by atoms with E-state index >= 15 is 0 Å². The van der Waals surface area contributed by atoms with Crippen molar-refractivity contribution in [2.45, 2.75) is 42.4 Å². The molecule has 0 aliphatic heterocycles. The number of nitrogens with one attached hydrogen (secondary N) is 1. The van der Waals surface area contributed by atoms with Crippen LogP contribution in [-0.4, -0.2) is 26.8 Å². The summed E-state index contributed by atoms with van der Waals surface area (Å²) in [6.45, 7) is 0.488. The molecule has 3 N–H and O–H groups in total. The van der Waals surface area contributed by atoms with Crippen LogP contribution in [0.1, 0.15) is 25.7 Å². The predicted molar refractivity (Wildman–Crippen MR) is 78.1 cm³/mol. The van der Waals surface area contributed by atoms with Crippen LogP contribution < -0.4 is 11.1 Å². The summed E-state index contributed by atoms with van der Waals surface area (Å²) in [6, 6.07) is 5.54. The Labute approximate surface area is 123 Å². The van der Waals surface area contributed by atoms with Crippen molar-refractivity contribution >= 4 is 15.5 Å². The van der Waals surface area contributed by atoms with Crippen molar-refractivity contribution in [2.24, 2.45) is 11.7 Å². The molecule has 1 atom stereocenters. The average Bonchev–Trinajstić information content (AvgIpc) is 2.99. The van der Waals surface area contributed by atoms with Gasteiger partial charge in [0.15, 0.2) is 0 Å². The van der Waals surface area contributed by atoms with Gasteiger partial charge in [0.05, 0.1) is 4.90 Å². The molecule has 0 heterocycles. The van der Waals surface area contributed by atoms with E-state index in [9.17, 15) is 17.2 Å². The molecule has 0 radical (unpaired) electrons. The van der Waals surface area contributed by atoms with Gasteiger partial charge in [0, 0.05) is 18.3 Å². The molecular formula is C14H20F2N2O2S. The molecule has 0 saturated heterocycles. The lowest BCUT2D eigenvalue weighted by Crippen LogP contribution is -2.35. The van der Waals surface area contributed by atoms with E-state index in [1.807, 2.05) is 0 Å². The Bertz CT molecular complexity index is 555. The van der Waals surface area contributed by atoms with Gasteiger partial charge in [-0.2, -0.15) is 8.78 Å². The molecule has 1 unspecified atom stereocenters. The molecule has 1 aromatic rings. The van der Waals surface area contributed by atoms with Gasteiger partial charge in [0.1, 0.15) is 0 Å². The first-order chi connectivity index (χ1) is 9.95. The Hall–Kier alpha value is -1.21. The van der Waals surface area contributed by atoms with E-state index in [0.717, 1.165) is 12.8 Å². The maximum atomic E-state index is 12.4. The van der Waals surface area contributed by atoms with Crippen molar-refractivity contribution in [1.29, 1.82) is 0 Å². The van der Waals surface area contributed by atoms with Crippen LogP contribution >= 0.6 is 0 Å². The highest BCUT2D eigenvalue weighted by Crippen LogP contribution is 2.29. The number of sulfone groups is 1. The third kappa shape index (κ3) is 3.71. The minimum atomic E-state index is -4.53. The lowest BCUT2D eigenvalue weighted by atomic mass is 9.98. The highest BCUT2D eigenvalue weighted by Gasteiger charge is 2.27. The van der Waals surface area contributed by atoms with Gasteiger partial charge in [0.2, 0.25) is 9.84 Å². The van der Waals surface area contributed by atoms with Crippen LogP contribution in [0.5, 0.6) is 0 Å². The summed E-state index contributed by atoms with van der Waals surface area (Å²) in [5.74, 6) is -2.88. The lowest BCUT2D eigenvalue weighted by molar-refractivity contribution is 0.234. The smallest absolute Gasteiger partial charge is 0.341 e. The van der Waals surface area contributed by atoms with Gasteiger partial charge in [-0.1, -0.05) is 12.8 Å². The molecule has 1 saturated carbocycles. The molecule has 0 aromatic heterocycles. The highest BCUT2D eigenvalue weighted by atomic mass is 32.2. The summed E-state index contributed by atoms with van der Waals surface area (Å²) in [6.07, 6.45) is 4.67. The zero-order valence-electron chi connectivity index (χ0n) is 11.6. The molecule has 0 spiro atoms. The molecule has 0 bridgehead atoms.